The van der Waals surface area contributed by atoms with Crippen molar-refractivity contribution in [1.29, 1.82) is 0 Å². The lowest BCUT2D eigenvalue weighted by Crippen LogP contribution is -2.38. The van der Waals surface area contributed by atoms with Crippen LogP contribution in [0.25, 0.3) is 0 Å². The number of rotatable bonds is 3. The average Bonchev–Trinajstić information content (AvgIpc) is 2.49. The van der Waals surface area contributed by atoms with Crippen molar-refractivity contribution < 1.29 is 9.59 Å². The summed E-state index contributed by atoms with van der Waals surface area (Å²) in [5.74, 6) is -0.892. The van der Waals surface area contributed by atoms with E-state index in [4.69, 9.17) is 23.2 Å². The number of anilines is 1. The van der Waals surface area contributed by atoms with Gasteiger partial charge in [0.15, 0.2) is 0 Å². The molecule has 0 aromatic heterocycles. The molecule has 2 amide bonds. The van der Waals surface area contributed by atoms with Crippen LogP contribution in [0.4, 0.5) is 5.69 Å². The van der Waals surface area contributed by atoms with Crippen LogP contribution in [0.3, 0.4) is 0 Å². The second kappa shape index (κ2) is 7.66. The molecule has 0 aliphatic heterocycles. The van der Waals surface area contributed by atoms with Gasteiger partial charge in [-0.3, -0.25) is 9.59 Å². The summed E-state index contributed by atoms with van der Waals surface area (Å²) in [6, 6.07) is 4.69. The third-order valence-corrected chi connectivity index (χ3v) is 4.22. The van der Waals surface area contributed by atoms with Crippen LogP contribution in [0.15, 0.2) is 18.2 Å². The van der Waals surface area contributed by atoms with E-state index >= 15 is 0 Å². The fraction of sp³-hybridized carbons (Fsp3) is 0.467. The molecule has 0 radical (unpaired) electrons. The van der Waals surface area contributed by atoms with Crippen LogP contribution < -0.4 is 10.6 Å². The Morgan fingerprint density at radius 1 is 1.10 bits per heavy atom. The van der Waals surface area contributed by atoms with Gasteiger partial charge in [0.1, 0.15) is 0 Å². The fourth-order valence-electron chi connectivity index (χ4n) is 2.48. The molecule has 0 heterocycles. The summed E-state index contributed by atoms with van der Waals surface area (Å²) in [7, 11) is 0. The third-order valence-electron chi connectivity index (χ3n) is 3.66. The Kier molecular flexibility index (Phi) is 5.88. The fourth-order valence-corrected chi connectivity index (χ4v) is 2.82. The van der Waals surface area contributed by atoms with Crippen LogP contribution >= 0.6 is 23.2 Å². The number of halogens is 2. The Labute approximate surface area is 134 Å². The SMILES string of the molecule is O=C(NCC1CCCCC1)C(=O)Nc1cc(Cl)ccc1Cl. The molecule has 6 heteroatoms. The molecule has 1 aromatic rings. The van der Waals surface area contributed by atoms with E-state index < -0.39 is 11.8 Å². The topological polar surface area (TPSA) is 58.2 Å². The quantitative estimate of drug-likeness (QED) is 0.832. The van der Waals surface area contributed by atoms with Crippen molar-refractivity contribution >= 4 is 40.7 Å². The number of carbonyl (C=O) groups excluding carboxylic acids is 2. The van der Waals surface area contributed by atoms with Gasteiger partial charge in [-0.05, 0) is 37.0 Å². The van der Waals surface area contributed by atoms with E-state index in [-0.39, 0.29) is 0 Å². The van der Waals surface area contributed by atoms with Gasteiger partial charge in [0.25, 0.3) is 0 Å². The molecular weight excluding hydrogens is 311 g/mol. The minimum atomic E-state index is -0.727. The first kappa shape index (κ1) is 16.1. The van der Waals surface area contributed by atoms with Crippen molar-refractivity contribution in [3.05, 3.63) is 28.2 Å². The van der Waals surface area contributed by atoms with E-state index in [2.05, 4.69) is 10.6 Å². The number of hydrogen-bond donors (Lipinski definition) is 2. The first-order valence-electron chi connectivity index (χ1n) is 7.10. The summed E-state index contributed by atoms with van der Waals surface area (Å²) < 4.78 is 0. The standard InChI is InChI=1S/C15H18Cl2N2O2/c16-11-6-7-12(17)13(8-11)19-15(21)14(20)18-9-10-4-2-1-3-5-10/h6-8,10H,1-5,9H2,(H,18,20)(H,19,21). The minimum Gasteiger partial charge on any atom is -0.348 e. The smallest absolute Gasteiger partial charge is 0.313 e. The van der Waals surface area contributed by atoms with E-state index in [9.17, 15) is 9.59 Å². The van der Waals surface area contributed by atoms with Crippen LogP contribution in [0.1, 0.15) is 32.1 Å². The molecule has 0 unspecified atom stereocenters. The third kappa shape index (κ3) is 4.90. The first-order valence-corrected chi connectivity index (χ1v) is 7.86. The Bertz CT molecular complexity index is 528. The van der Waals surface area contributed by atoms with Crippen molar-refractivity contribution in [2.45, 2.75) is 32.1 Å². The normalized spacial score (nSPS) is 15.5. The number of nitrogens with one attached hydrogen (secondary N) is 2. The maximum absolute atomic E-state index is 11.8. The lowest BCUT2D eigenvalue weighted by atomic mass is 9.89. The highest BCUT2D eigenvalue weighted by Crippen LogP contribution is 2.25. The van der Waals surface area contributed by atoms with Crippen LogP contribution in [0.2, 0.25) is 10.0 Å². The van der Waals surface area contributed by atoms with Gasteiger partial charge < -0.3 is 10.6 Å². The van der Waals surface area contributed by atoms with E-state index in [0.717, 1.165) is 12.8 Å². The first-order chi connectivity index (χ1) is 10.1. The highest BCUT2D eigenvalue weighted by molar-refractivity contribution is 6.42. The van der Waals surface area contributed by atoms with Gasteiger partial charge in [0.2, 0.25) is 0 Å². The van der Waals surface area contributed by atoms with E-state index in [1.807, 2.05) is 0 Å². The van der Waals surface area contributed by atoms with E-state index in [0.29, 0.717) is 28.2 Å². The Morgan fingerprint density at radius 3 is 2.52 bits per heavy atom. The van der Waals surface area contributed by atoms with Crippen LogP contribution in [0, 0.1) is 5.92 Å². The van der Waals surface area contributed by atoms with Crippen LogP contribution in [-0.4, -0.2) is 18.4 Å². The molecule has 1 aliphatic rings. The van der Waals surface area contributed by atoms with E-state index in [1.165, 1.54) is 25.3 Å². The van der Waals surface area contributed by atoms with Gasteiger partial charge in [-0.1, -0.05) is 42.5 Å². The summed E-state index contributed by atoms with van der Waals surface area (Å²) in [5, 5.41) is 5.93. The molecule has 0 atom stereocenters. The highest BCUT2D eigenvalue weighted by atomic mass is 35.5. The molecule has 1 fully saturated rings. The van der Waals surface area contributed by atoms with Gasteiger partial charge in [-0.25, -0.2) is 0 Å². The van der Waals surface area contributed by atoms with Crippen molar-refractivity contribution in [2.75, 3.05) is 11.9 Å². The van der Waals surface area contributed by atoms with Crippen molar-refractivity contribution in [2.24, 2.45) is 5.92 Å². The maximum Gasteiger partial charge on any atom is 0.313 e. The molecule has 1 aromatic carbocycles. The van der Waals surface area contributed by atoms with Crippen molar-refractivity contribution in [3.8, 4) is 0 Å². The number of hydrogen-bond acceptors (Lipinski definition) is 2. The predicted molar refractivity (Wildman–Crippen MR) is 84.7 cm³/mol. The largest absolute Gasteiger partial charge is 0.348 e. The summed E-state index contributed by atoms with van der Waals surface area (Å²) in [6.45, 7) is 0.551. The molecule has 0 saturated heterocycles. The van der Waals surface area contributed by atoms with Gasteiger partial charge in [-0.15, -0.1) is 0 Å². The minimum absolute atomic E-state index is 0.335. The average molecular weight is 329 g/mol. The molecular formula is C15H18Cl2N2O2. The summed E-state index contributed by atoms with van der Waals surface area (Å²) >= 11 is 11.8. The number of carbonyl (C=O) groups is 2. The second-order valence-electron chi connectivity index (χ2n) is 5.29. The maximum atomic E-state index is 11.8. The predicted octanol–water partition coefficient (Wildman–Crippen LogP) is 3.63. The Balaban J connectivity index is 1.84. The lowest BCUT2D eigenvalue weighted by Gasteiger charge is -2.21. The molecule has 2 N–H and O–H groups in total. The van der Waals surface area contributed by atoms with Crippen molar-refractivity contribution in [3.63, 3.8) is 0 Å². The zero-order chi connectivity index (χ0) is 15.2. The van der Waals surface area contributed by atoms with E-state index in [1.54, 1.807) is 12.1 Å². The molecule has 114 valence electrons. The van der Waals surface area contributed by atoms with Gasteiger partial charge in [0.05, 0.1) is 10.7 Å². The van der Waals surface area contributed by atoms with Gasteiger partial charge in [-0.2, -0.15) is 0 Å². The molecule has 2 rings (SSSR count). The Hall–Kier alpha value is -1.26. The molecule has 1 saturated carbocycles. The number of benzene rings is 1. The molecule has 21 heavy (non-hydrogen) atoms. The van der Waals surface area contributed by atoms with Crippen LogP contribution in [0.5, 0.6) is 0 Å². The van der Waals surface area contributed by atoms with Gasteiger partial charge >= 0.3 is 11.8 Å². The molecule has 4 nitrogen and oxygen atoms in total. The summed E-state index contributed by atoms with van der Waals surface area (Å²) in [5.41, 5.74) is 0.335. The molecule has 1 aliphatic carbocycles. The van der Waals surface area contributed by atoms with Crippen LogP contribution in [-0.2, 0) is 9.59 Å². The monoisotopic (exact) mass is 328 g/mol. The highest BCUT2D eigenvalue weighted by Gasteiger charge is 2.18. The second-order valence-corrected chi connectivity index (χ2v) is 6.14. The molecule has 0 bridgehead atoms. The summed E-state index contributed by atoms with van der Waals surface area (Å²) in [4.78, 5) is 23.6. The molecule has 0 spiro atoms. The Morgan fingerprint density at radius 2 is 1.81 bits per heavy atom. The lowest BCUT2D eigenvalue weighted by molar-refractivity contribution is -0.136. The summed E-state index contributed by atoms with van der Waals surface area (Å²) in [6.07, 6.45) is 5.89. The number of amides is 2. The van der Waals surface area contributed by atoms with Gasteiger partial charge in [0, 0.05) is 11.6 Å². The zero-order valence-corrected chi connectivity index (χ0v) is 13.1. The zero-order valence-electron chi connectivity index (χ0n) is 11.6. The van der Waals surface area contributed by atoms with Crippen molar-refractivity contribution in [1.82, 2.24) is 5.32 Å².